The summed E-state index contributed by atoms with van der Waals surface area (Å²) in [6.07, 6.45) is 0. The van der Waals surface area contributed by atoms with E-state index in [1.807, 2.05) is 31.2 Å². The lowest BCUT2D eigenvalue weighted by Gasteiger charge is -2.34. The van der Waals surface area contributed by atoms with E-state index in [2.05, 4.69) is 14.9 Å². The smallest absolute Gasteiger partial charge is 0.257 e. The van der Waals surface area contributed by atoms with E-state index in [0.717, 1.165) is 16.5 Å². The number of carbonyl (C=O) groups is 1. The molecule has 0 radical (unpaired) electrons. The van der Waals surface area contributed by atoms with Gasteiger partial charge in [-0.25, -0.2) is 9.97 Å². The number of amides is 1. The molecule has 3 N–H and O–H groups in total. The van der Waals surface area contributed by atoms with Gasteiger partial charge in [-0.05, 0) is 31.2 Å². The van der Waals surface area contributed by atoms with Crippen molar-refractivity contribution in [1.29, 1.82) is 0 Å². The average Bonchev–Trinajstić information content (AvgIpc) is 2.70. The first-order valence-electron chi connectivity index (χ1n) is 9.33. The number of anilines is 1. The second-order valence-corrected chi connectivity index (χ2v) is 7.13. The number of benzene rings is 2. The lowest BCUT2D eigenvalue weighted by Crippen LogP contribution is -2.48. The van der Waals surface area contributed by atoms with Gasteiger partial charge in [-0.3, -0.25) is 9.69 Å². The molecule has 4 rings (SSSR count). The third kappa shape index (κ3) is 3.61. The van der Waals surface area contributed by atoms with Gasteiger partial charge in [0, 0.05) is 31.6 Å². The fourth-order valence-electron chi connectivity index (χ4n) is 3.52. The second-order valence-electron chi connectivity index (χ2n) is 7.13. The van der Waals surface area contributed by atoms with Crippen molar-refractivity contribution in [3.8, 4) is 5.75 Å². The fourth-order valence-corrected chi connectivity index (χ4v) is 3.52. The first-order chi connectivity index (χ1) is 13.5. The number of hydrogen-bond acceptors (Lipinski definition) is 6. The highest BCUT2D eigenvalue weighted by atomic mass is 16.3. The normalized spacial score (nSPS) is 15.1. The highest BCUT2D eigenvalue weighted by Crippen LogP contribution is 2.22. The predicted molar refractivity (Wildman–Crippen MR) is 108 cm³/mol. The topological polar surface area (TPSA) is 95.6 Å². The summed E-state index contributed by atoms with van der Waals surface area (Å²) in [4.78, 5) is 25.8. The molecule has 1 saturated heterocycles. The van der Waals surface area contributed by atoms with E-state index in [0.29, 0.717) is 49.9 Å². The Morgan fingerprint density at radius 3 is 2.64 bits per heavy atom. The molecule has 0 aliphatic carbocycles. The van der Waals surface area contributed by atoms with Gasteiger partial charge in [0.2, 0.25) is 0 Å². The molecule has 7 nitrogen and oxygen atoms in total. The van der Waals surface area contributed by atoms with Crippen LogP contribution in [0.25, 0.3) is 10.9 Å². The summed E-state index contributed by atoms with van der Waals surface area (Å²) < 4.78 is 0. The van der Waals surface area contributed by atoms with E-state index < -0.39 is 0 Å². The number of aromatic hydroxyl groups is 1. The minimum Gasteiger partial charge on any atom is -0.507 e. The van der Waals surface area contributed by atoms with E-state index in [9.17, 15) is 9.90 Å². The Balaban J connectivity index is 1.42. The number of rotatable bonds is 3. The maximum atomic E-state index is 12.7. The number of nitrogen functional groups attached to an aromatic ring is 1. The van der Waals surface area contributed by atoms with E-state index in [-0.39, 0.29) is 11.7 Å². The number of carbonyl (C=O) groups excluding carboxylic acids is 1. The van der Waals surface area contributed by atoms with Crippen molar-refractivity contribution in [2.75, 3.05) is 31.9 Å². The van der Waals surface area contributed by atoms with Crippen molar-refractivity contribution in [2.24, 2.45) is 0 Å². The van der Waals surface area contributed by atoms with Crippen molar-refractivity contribution in [3.05, 3.63) is 59.4 Å². The van der Waals surface area contributed by atoms with Crippen molar-refractivity contribution in [2.45, 2.75) is 13.5 Å². The van der Waals surface area contributed by atoms with Crippen LogP contribution in [-0.2, 0) is 6.54 Å². The minimum atomic E-state index is -0.132. The number of aromatic nitrogens is 2. The van der Waals surface area contributed by atoms with Crippen molar-refractivity contribution < 1.29 is 9.90 Å². The first kappa shape index (κ1) is 18.2. The number of nitrogens with two attached hydrogens (primary N) is 1. The molecular formula is C21H23N5O2. The Kier molecular flexibility index (Phi) is 4.83. The molecule has 1 aliphatic rings. The molecule has 1 amide bonds. The number of fused-ring (bicyclic) bond motifs is 1. The van der Waals surface area contributed by atoms with E-state index >= 15 is 0 Å². The Labute approximate surface area is 163 Å². The van der Waals surface area contributed by atoms with Crippen LogP contribution in [0, 0.1) is 6.92 Å². The molecule has 1 aliphatic heterocycles. The standard InChI is InChI=1S/C21H23N5O2/c1-14-6-7-18(27)16(12-14)21(28)26-10-8-25(9-11-26)13-19-23-17-5-3-2-4-15(17)20(22)24-19/h2-7,12,27H,8-11,13H2,1H3,(H2,22,23,24). The van der Waals surface area contributed by atoms with Crippen LogP contribution < -0.4 is 5.73 Å². The average molecular weight is 377 g/mol. The molecular weight excluding hydrogens is 354 g/mol. The summed E-state index contributed by atoms with van der Waals surface area (Å²) in [6, 6.07) is 12.8. The summed E-state index contributed by atoms with van der Waals surface area (Å²) in [6.45, 7) is 5.11. The molecule has 2 heterocycles. The molecule has 28 heavy (non-hydrogen) atoms. The minimum absolute atomic E-state index is 0.0260. The molecule has 144 valence electrons. The van der Waals surface area contributed by atoms with Gasteiger partial charge in [0.15, 0.2) is 0 Å². The van der Waals surface area contributed by atoms with E-state index in [1.54, 1.807) is 23.1 Å². The summed E-state index contributed by atoms with van der Waals surface area (Å²) in [7, 11) is 0. The molecule has 1 aromatic heterocycles. The van der Waals surface area contributed by atoms with Crippen LogP contribution in [0.5, 0.6) is 5.75 Å². The number of nitrogens with zero attached hydrogens (tertiary/aromatic N) is 4. The van der Waals surface area contributed by atoms with Crippen LogP contribution in [0.15, 0.2) is 42.5 Å². The maximum Gasteiger partial charge on any atom is 0.257 e. The van der Waals surface area contributed by atoms with Gasteiger partial charge in [0.1, 0.15) is 17.4 Å². The highest BCUT2D eigenvalue weighted by Gasteiger charge is 2.24. The fraction of sp³-hybridized carbons (Fsp3) is 0.286. The van der Waals surface area contributed by atoms with Crippen LogP contribution in [-0.4, -0.2) is 57.0 Å². The Morgan fingerprint density at radius 2 is 1.86 bits per heavy atom. The monoisotopic (exact) mass is 377 g/mol. The zero-order valence-electron chi connectivity index (χ0n) is 15.8. The first-order valence-corrected chi connectivity index (χ1v) is 9.33. The van der Waals surface area contributed by atoms with Gasteiger partial charge in [-0.1, -0.05) is 23.8 Å². The number of para-hydroxylation sites is 1. The van der Waals surface area contributed by atoms with Gasteiger partial charge in [0.05, 0.1) is 17.6 Å². The number of phenolic OH excluding ortho intramolecular Hbond substituents is 1. The van der Waals surface area contributed by atoms with E-state index in [1.165, 1.54) is 0 Å². The van der Waals surface area contributed by atoms with Gasteiger partial charge < -0.3 is 15.7 Å². The summed E-state index contributed by atoms with van der Waals surface area (Å²) >= 11 is 0. The number of phenols is 1. The molecule has 3 aromatic rings. The second kappa shape index (κ2) is 7.44. The Morgan fingerprint density at radius 1 is 1.11 bits per heavy atom. The van der Waals surface area contributed by atoms with Crippen LogP contribution in [0.3, 0.4) is 0 Å². The van der Waals surface area contributed by atoms with Crippen LogP contribution in [0.4, 0.5) is 5.82 Å². The third-order valence-corrected chi connectivity index (χ3v) is 5.09. The van der Waals surface area contributed by atoms with Crippen molar-refractivity contribution >= 4 is 22.6 Å². The SMILES string of the molecule is Cc1ccc(O)c(C(=O)N2CCN(Cc3nc(N)c4ccccc4n3)CC2)c1. The molecule has 0 bridgehead atoms. The lowest BCUT2D eigenvalue weighted by molar-refractivity contribution is 0.0622. The van der Waals surface area contributed by atoms with Crippen LogP contribution in [0.2, 0.25) is 0 Å². The van der Waals surface area contributed by atoms with Crippen LogP contribution >= 0.6 is 0 Å². The molecule has 0 saturated carbocycles. The zero-order chi connectivity index (χ0) is 19.7. The molecule has 0 unspecified atom stereocenters. The molecule has 1 fully saturated rings. The number of hydrogen-bond donors (Lipinski definition) is 2. The molecule has 0 atom stereocenters. The lowest BCUT2D eigenvalue weighted by atomic mass is 10.1. The summed E-state index contributed by atoms with van der Waals surface area (Å²) in [5.74, 6) is 1.07. The van der Waals surface area contributed by atoms with Gasteiger partial charge in [0.25, 0.3) is 5.91 Å². The predicted octanol–water partition coefficient (Wildman–Crippen LogP) is 2.18. The number of piperazine rings is 1. The van der Waals surface area contributed by atoms with Crippen LogP contribution in [0.1, 0.15) is 21.7 Å². The van der Waals surface area contributed by atoms with Gasteiger partial charge in [-0.2, -0.15) is 0 Å². The number of aryl methyl sites for hydroxylation is 1. The van der Waals surface area contributed by atoms with Gasteiger partial charge >= 0.3 is 0 Å². The zero-order valence-corrected chi connectivity index (χ0v) is 15.8. The molecule has 7 heteroatoms. The Hall–Kier alpha value is -3.19. The van der Waals surface area contributed by atoms with E-state index in [4.69, 9.17) is 5.73 Å². The Bertz CT molecular complexity index is 1030. The largest absolute Gasteiger partial charge is 0.507 e. The molecule has 0 spiro atoms. The summed E-state index contributed by atoms with van der Waals surface area (Å²) in [5, 5.41) is 10.9. The quantitative estimate of drug-likeness (QED) is 0.726. The third-order valence-electron chi connectivity index (χ3n) is 5.09. The highest BCUT2D eigenvalue weighted by molar-refractivity contribution is 5.97. The van der Waals surface area contributed by atoms with Crippen molar-refractivity contribution in [3.63, 3.8) is 0 Å². The molecule has 2 aromatic carbocycles. The maximum absolute atomic E-state index is 12.7. The van der Waals surface area contributed by atoms with Gasteiger partial charge in [-0.15, -0.1) is 0 Å². The summed E-state index contributed by atoms with van der Waals surface area (Å²) in [5.41, 5.74) is 8.22. The van der Waals surface area contributed by atoms with Crippen molar-refractivity contribution in [1.82, 2.24) is 19.8 Å².